The SMILES string of the molecule is CC(C)=CCN1CCC(Nc2cncnc2)CC1. The molecule has 1 aromatic heterocycles. The normalized spacial score (nSPS) is 17.4. The van der Waals surface area contributed by atoms with Gasteiger partial charge in [0.2, 0.25) is 0 Å². The number of nitrogens with zero attached hydrogens (tertiary/aromatic N) is 3. The third-order valence-corrected chi connectivity index (χ3v) is 3.28. The molecule has 0 bridgehead atoms. The van der Waals surface area contributed by atoms with E-state index in [4.69, 9.17) is 0 Å². The Morgan fingerprint density at radius 1 is 1.33 bits per heavy atom. The van der Waals surface area contributed by atoms with Crippen LogP contribution in [0.15, 0.2) is 30.4 Å². The van der Waals surface area contributed by atoms with Gasteiger partial charge >= 0.3 is 0 Å². The first kappa shape index (κ1) is 13.0. The topological polar surface area (TPSA) is 41.0 Å². The van der Waals surface area contributed by atoms with E-state index in [1.54, 1.807) is 6.33 Å². The van der Waals surface area contributed by atoms with E-state index < -0.39 is 0 Å². The van der Waals surface area contributed by atoms with Gasteiger partial charge in [0.05, 0.1) is 18.1 Å². The molecule has 0 aromatic carbocycles. The van der Waals surface area contributed by atoms with Gasteiger partial charge in [-0.15, -0.1) is 0 Å². The molecule has 2 heterocycles. The van der Waals surface area contributed by atoms with Crippen molar-refractivity contribution in [3.05, 3.63) is 30.4 Å². The Morgan fingerprint density at radius 3 is 2.61 bits per heavy atom. The Balaban J connectivity index is 1.75. The van der Waals surface area contributed by atoms with E-state index >= 15 is 0 Å². The molecule has 0 amide bonds. The second-order valence-electron chi connectivity index (χ2n) is 5.13. The molecule has 0 unspecified atom stereocenters. The van der Waals surface area contributed by atoms with Gasteiger partial charge in [0.25, 0.3) is 0 Å². The van der Waals surface area contributed by atoms with Crippen molar-refractivity contribution in [1.82, 2.24) is 14.9 Å². The third kappa shape index (κ3) is 4.11. The molecule has 1 aromatic rings. The average Bonchev–Trinajstić information content (AvgIpc) is 2.39. The van der Waals surface area contributed by atoms with Gasteiger partial charge in [-0.05, 0) is 26.7 Å². The number of aromatic nitrogens is 2. The maximum absolute atomic E-state index is 4.02. The van der Waals surface area contributed by atoms with Gasteiger partial charge < -0.3 is 5.32 Å². The van der Waals surface area contributed by atoms with Crippen molar-refractivity contribution in [1.29, 1.82) is 0 Å². The number of piperidine rings is 1. The average molecular weight is 246 g/mol. The van der Waals surface area contributed by atoms with Crippen LogP contribution in [0.2, 0.25) is 0 Å². The lowest BCUT2D eigenvalue weighted by Crippen LogP contribution is -2.39. The quantitative estimate of drug-likeness (QED) is 0.828. The maximum atomic E-state index is 4.02. The van der Waals surface area contributed by atoms with E-state index in [0.717, 1.165) is 25.3 Å². The second-order valence-corrected chi connectivity index (χ2v) is 5.13. The fourth-order valence-electron chi connectivity index (χ4n) is 2.18. The summed E-state index contributed by atoms with van der Waals surface area (Å²) in [5.41, 5.74) is 2.43. The highest BCUT2D eigenvalue weighted by Crippen LogP contribution is 2.15. The fourth-order valence-corrected chi connectivity index (χ4v) is 2.18. The number of allylic oxidation sites excluding steroid dienone is 1. The molecule has 1 saturated heterocycles. The molecule has 0 spiro atoms. The van der Waals surface area contributed by atoms with Gasteiger partial charge in [-0.2, -0.15) is 0 Å². The molecule has 4 heteroatoms. The van der Waals surface area contributed by atoms with Crippen molar-refractivity contribution in [2.75, 3.05) is 25.0 Å². The summed E-state index contributed by atoms with van der Waals surface area (Å²) in [5, 5.41) is 3.50. The molecule has 4 nitrogen and oxygen atoms in total. The van der Waals surface area contributed by atoms with Gasteiger partial charge in [-0.25, -0.2) is 9.97 Å². The van der Waals surface area contributed by atoms with Crippen LogP contribution in [0.5, 0.6) is 0 Å². The standard InChI is InChI=1S/C14H22N4/c1-12(2)3-6-18-7-4-13(5-8-18)17-14-9-15-11-16-10-14/h3,9-11,13,17H,4-8H2,1-2H3. The number of likely N-dealkylation sites (tertiary alicyclic amines) is 1. The maximum Gasteiger partial charge on any atom is 0.115 e. The Morgan fingerprint density at radius 2 is 2.00 bits per heavy atom. The van der Waals surface area contributed by atoms with E-state index in [1.165, 1.54) is 18.4 Å². The number of anilines is 1. The van der Waals surface area contributed by atoms with Crippen LogP contribution >= 0.6 is 0 Å². The third-order valence-electron chi connectivity index (χ3n) is 3.28. The van der Waals surface area contributed by atoms with Gasteiger partial charge in [0, 0.05) is 25.7 Å². The van der Waals surface area contributed by atoms with Crippen LogP contribution in [-0.2, 0) is 0 Å². The zero-order valence-corrected chi connectivity index (χ0v) is 11.3. The summed E-state index contributed by atoms with van der Waals surface area (Å²) in [6, 6.07) is 0.555. The summed E-state index contributed by atoms with van der Waals surface area (Å²) < 4.78 is 0. The van der Waals surface area contributed by atoms with Crippen molar-refractivity contribution < 1.29 is 0 Å². The van der Waals surface area contributed by atoms with Crippen molar-refractivity contribution in [3.8, 4) is 0 Å². The molecule has 98 valence electrons. The minimum atomic E-state index is 0.555. The number of hydrogen-bond acceptors (Lipinski definition) is 4. The smallest absolute Gasteiger partial charge is 0.115 e. The first-order chi connectivity index (χ1) is 8.74. The molecule has 1 fully saturated rings. The van der Waals surface area contributed by atoms with E-state index in [1.807, 2.05) is 12.4 Å². The van der Waals surface area contributed by atoms with Gasteiger partial charge in [0.15, 0.2) is 0 Å². The van der Waals surface area contributed by atoms with Crippen LogP contribution in [-0.4, -0.2) is 40.5 Å². The lowest BCUT2D eigenvalue weighted by Gasteiger charge is -2.32. The summed E-state index contributed by atoms with van der Waals surface area (Å²) in [4.78, 5) is 10.6. The van der Waals surface area contributed by atoms with E-state index in [0.29, 0.717) is 6.04 Å². The van der Waals surface area contributed by atoms with Crippen LogP contribution in [0.4, 0.5) is 5.69 Å². The lowest BCUT2D eigenvalue weighted by molar-refractivity contribution is 0.240. The highest BCUT2D eigenvalue weighted by atomic mass is 15.1. The number of rotatable bonds is 4. The summed E-state index contributed by atoms with van der Waals surface area (Å²) in [7, 11) is 0. The summed E-state index contributed by atoms with van der Waals surface area (Å²) in [6.07, 6.45) is 9.91. The Bertz CT molecular complexity index is 376. The van der Waals surface area contributed by atoms with Crippen LogP contribution in [0.3, 0.4) is 0 Å². The minimum Gasteiger partial charge on any atom is -0.380 e. The van der Waals surface area contributed by atoms with Gasteiger partial charge in [-0.3, -0.25) is 4.90 Å². The van der Waals surface area contributed by atoms with Crippen molar-refractivity contribution in [3.63, 3.8) is 0 Å². The summed E-state index contributed by atoms with van der Waals surface area (Å²) in [6.45, 7) is 7.72. The molecule has 0 saturated carbocycles. The number of nitrogens with one attached hydrogen (secondary N) is 1. The molecule has 0 radical (unpaired) electrons. The molecule has 1 N–H and O–H groups in total. The predicted molar refractivity (Wildman–Crippen MR) is 74.5 cm³/mol. The summed E-state index contributed by atoms with van der Waals surface area (Å²) >= 11 is 0. The van der Waals surface area contributed by atoms with Crippen molar-refractivity contribution in [2.45, 2.75) is 32.7 Å². The molecule has 1 aliphatic heterocycles. The van der Waals surface area contributed by atoms with E-state index in [9.17, 15) is 0 Å². The van der Waals surface area contributed by atoms with Crippen LogP contribution < -0.4 is 5.32 Å². The van der Waals surface area contributed by atoms with E-state index in [-0.39, 0.29) is 0 Å². The second kappa shape index (κ2) is 6.50. The highest BCUT2D eigenvalue weighted by Gasteiger charge is 2.18. The molecular formula is C14H22N4. The Hall–Kier alpha value is -1.42. The zero-order chi connectivity index (χ0) is 12.8. The lowest BCUT2D eigenvalue weighted by atomic mass is 10.0. The number of hydrogen-bond donors (Lipinski definition) is 1. The van der Waals surface area contributed by atoms with Crippen LogP contribution in [0.25, 0.3) is 0 Å². The molecule has 0 aliphatic carbocycles. The first-order valence-corrected chi connectivity index (χ1v) is 6.61. The van der Waals surface area contributed by atoms with Crippen LogP contribution in [0.1, 0.15) is 26.7 Å². The largest absolute Gasteiger partial charge is 0.380 e. The monoisotopic (exact) mass is 246 g/mol. The molecule has 1 aliphatic rings. The Labute approximate surface area is 109 Å². The van der Waals surface area contributed by atoms with Crippen molar-refractivity contribution in [2.24, 2.45) is 0 Å². The molecule has 2 rings (SSSR count). The predicted octanol–water partition coefficient (Wildman–Crippen LogP) is 2.32. The minimum absolute atomic E-state index is 0.555. The highest BCUT2D eigenvalue weighted by molar-refractivity contribution is 5.38. The van der Waals surface area contributed by atoms with Gasteiger partial charge in [0.1, 0.15) is 6.33 Å². The van der Waals surface area contributed by atoms with E-state index in [2.05, 4.69) is 40.1 Å². The molecular weight excluding hydrogens is 224 g/mol. The van der Waals surface area contributed by atoms with Crippen molar-refractivity contribution >= 4 is 5.69 Å². The Kier molecular flexibility index (Phi) is 4.70. The fraction of sp³-hybridized carbons (Fsp3) is 0.571. The first-order valence-electron chi connectivity index (χ1n) is 6.61. The molecule has 18 heavy (non-hydrogen) atoms. The zero-order valence-electron chi connectivity index (χ0n) is 11.3. The van der Waals surface area contributed by atoms with Crippen LogP contribution in [0, 0.1) is 0 Å². The summed E-state index contributed by atoms with van der Waals surface area (Å²) in [5.74, 6) is 0. The van der Waals surface area contributed by atoms with Gasteiger partial charge in [-0.1, -0.05) is 11.6 Å². The molecule has 0 atom stereocenters.